The molecule has 0 radical (unpaired) electrons. The lowest BCUT2D eigenvalue weighted by molar-refractivity contribution is 0.101. The highest BCUT2D eigenvalue weighted by Gasteiger charge is 2.15. The lowest BCUT2D eigenvalue weighted by Gasteiger charge is -2.12. The van der Waals surface area contributed by atoms with Crippen molar-refractivity contribution in [1.82, 2.24) is 0 Å². The van der Waals surface area contributed by atoms with Gasteiger partial charge in [-0.05, 0) is 49.4 Å². The van der Waals surface area contributed by atoms with Crippen LogP contribution in [0.25, 0.3) is 0 Å². The largest absolute Gasteiger partial charge is 0.493 e. The summed E-state index contributed by atoms with van der Waals surface area (Å²) < 4.78 is 5.50. The average molecular weight is 395 g/mol. The first-order chi connectivity index (χ1) is 13.6. The molecule has 2 N–H and O–H groups in total. The number of hydrogen-bond donors (Lipinski definition) is 2. The predicted molar refractivity (Wildman–Crippen MR) is 111 cm³/mol. The lowest BCUT2D eigenvalue weighted by atomic mass is 10.1. The van der Waals surface area contributed by atoms with E-state index in [2.05, 4.69) is 10.6 Å². The van der Waals surface area contributed by atoms with Gasteiger partial charge in [0.1, 0.15) is 5.75 Å². The molecule has 2 amide bonds. The van der Waals surface area contributed by atoms with Crippen LogP contribution in [0.5, 0.6) is 5.75 Å². The molecule has 0 saturated heterocycles. The van der Waals surface area contributed by atoms with Gasteiger partial charge in [-0.1, -0.05) is 41.9 Å². The zero-order valence-electron chi connectivity index (χ0n) is 15.2. The van der Waals surface area contributed by atoms with Gasteiger partial charge in [-0.25, -0.2) is 0 Å². The Morgan fingerprint density at radius 1 is 0.893 bits per heavy atom. The molecule has 142 valence electrons. The molecule has 6 heteroatoms. The Hall–Kier alpha value is -3.31. The molecule has 0 aliphatic rings. The summed E-state index contributed by atoms with van der Waals surface area (Å²) in [6, 6.07) is 20.8. The predicted octanol–water partition coefficient (Wildman–Crippen LogP) is 5.24. The summed E-state index contributed by atoms with van der Waals surface area (Å²) in [6.45, 7) is 2.29. The van der Waals surface area contributed by atoms with Crippen molar-refractivity contribution in [3.63, 3.8) is 0 Å². The molecule has 0 aliphatic carbocycles. The molecular formula is C22H19ClN2O3. The molecule has 0 aliphatic heterocycles. The smallest absolute Gasteiger partial charge is 0.259 e. The summed E-state index contributed by atoms with van der Waals surface area (Å²) in [7, 11) is 0. The number of ether oxygens (including phenoxy) is 1. The van der Waals surface area contributed by atoms with Crippen LogP contribution < -0.4 is 15.4 Å². The number of anilines is 2. The van der Waals surface area contributed by atoms with Crippen LogP contribution in [0.3, 0.4) is 0 Å². The van der Waals surface area contributed by atoms with E-state index in [9.17, 15) is 9.59 Å². The summed E-state index contributed by atoms with van der Waals surface area (Å²) in [4.78, 5) is 25.2. The number of para-hydroxylation sites is 2. The molecule has 3 rings (SSSR count). The Morgan fingerprint density at radius 2 is 1.61 bits per heavy atom. The van der Waals surface area contributed by atoms with Crippen molar-refractivity contribution >= 4 is 34.8 Å². The van der Waals surface area contributed by atoms with Crippen molar-refractivity contribution < 1.29 is 14.3 Å². The van der Waals surface area contributed by atoms with Crippen molar-refractivity contribution in [3.05, 3.63) is 88.9 Å². The molecule has 0 unspecified atom stereocenters. The Labute approximate surface area is 168 Å². The van der Waals surface area contributed by atoms with Crippen molar-refractivity contribution in [2.45, 2.75) is 6.92 Å². The van der Waals surface area contributed by atoms with Gasteiger partial charge in [0.25, 0.3) is 11.8 Å². The topological polar surface area (TPSA) is 67.4 Å². The summed E-state index contributed by atoms with van der Waals surface area (Å²) in [6.07, 6.45) is 0. The van der Waals surface area contributed by atoms with Gasteiger partial charge in [0.2, 0.25) is 0 Å². The van der Waals surface area contributed by atoms with Crippen molar-refractivity contribution in [2.24, 2.45) is 0 Å². The number of benzene rings is 3. The summed E-state index contributed by atoms with van der Waals surface area (Å²) in [5.74, 6) is -0.184. The van der Waals surface area contributed by atoms with Gasteiger partial charge in [-0.3, -0.25) is 9.59 Å². The minimum absolute atomic E-state index is 0.298. The van der Waals surface area contributed by atoms with Crippen LogP contribution in [0.15, 0.2) is 72.8 Å². The Kier molecular flexibility index (Phi) is 6.29. The van der Waals surface area contributed by atoms with E-state index in [0.29, 0.717) is 39.9 Å². The second-order valence-corrected chi connectivity index (χ2v) is 6.31. The molecule has 0 aromatic heterocycles. The molecule has 0 bridgehead atoms. The third-order valence-electron chi connectivity index (χ3n) is 3.94. The summed E-state index contributed by atoms with van der Waals surface area (Å²) in [5.41, 5.74) is 1.79. The van der Waals surface area contributed by atoms with Gasteiger partial charge in [0, 0.05) is 11.3 Å². The minimum atomic E-state index is -0.369. The first kappa shape index (κ1) is 19.5. The molecule has 28 heavy (non-hydrogen) atoms. The second-order valence-electron chi connectivity index (χ2n) is 5.90. The van der Waals surface area contributed by atoms with Crippen LogP contribution in [-0.2, 0) is 0 Å². The third-order valence-corrected chi connectivity index (χ3v) is 4.27. The molecule has 3 aromatic carbocycles. The SMILES string of the molecule is CCOc1ccccc1C(=O)Nc1cc(C(=O)Nc2ccccc2)ccc1Cl. The number of amides is 2. The number of halogens is 1. The van der Waals surface area contributed by atoms with Gasteiger partial charge in [-0.15, -0.1) is 0 Å². The lowest BCUT2D eigenvalue weighted by Crippen LogP contribution is -2.16. The van der Waals surface area contributed by atoms with Crippen LogP contribution >= 0.6 is 11.6 Å². The molecule has 5 nitrogen and oxygen atoms in total. The number of nitrogens with one attached hydrogen (secondary N) is 2. The molecule has 0 saturated carbocycles. The first-order valence-electron chi connectivity index (χ1n) is 8.77. The van der Waals surface area contributed by atoms with E-state index in [0.717, 1.165) is 0 Å². The monoisotopic (exact) mass is 394 g/mol. The number of rotatable bonds is 6. The zero-order chi connectivity index (χ0) is 19.9. The zero-order valence-corrected chi connectivity index (χ0v) is 16.0. The molecular weight excluding hydrogens is 376 g/mol. The highest BCUT2D eigenvalue weighted by molar-refractivity contribution is 6.34. The van der Waals surface area contributed by atoms with Gasteiger partial charge in [0.15, 0.2) is 0 Å². The van der Waals surface area contributed by atoms with Crippen molar-refractivity contribution in [2.75, 3.05) is 17.2 Å². The summed E-state index contributed by atoms with van der Waals surface area (Å²) in [5, 5.41) is 5.89. The van der Waals surface area contributed by atoms with Crippen molar-refractivity contribution in [3.8, 4) is 5.75 Å². The fraction of sp³-hybridized carbons (Fsp3) is 0.0909. The van der Waals surface area contributed by atoms with Crippen LogP contribution in [0.2, 0.25) is 5.02 Å². The fourth-order valence-corrected chi connectivity index (χ4v) is 2.78. The molecule has 3 aromatic rings. The Balaban J connectivity index is 1.80. The normalized spacial score (nSPS) is 10.2. The first-order valence-corrected chi connectivity index (χ1v) is 9.15. The second kappa shape index (κ2) is 9.06. The van der Waals surface area contributed by atoms with Crippen LogP contribution in [0.4, 0.5) is 11.4 Å². The van der Waals surface area contributed by atoms with Crippen LogP contribution in [0.1, 0.15) is 27.6 Å². The summed E-state index contributed by atoms with van der Waals surface area (Å²) >= 11 is 6.22. The fourth-order valence-electron chi connectivity index (χ4n) is 2.61. The van der Waals surface area contributed by atoms with E-state index in [1.165, 1.54) is 0 Å². The Bertz CT molecular complexity index is 990. The van der Waals surface area contributed by atoms with E-state index in [1.807, 2.05) is 25.1 Å². The minimum Gasteiger partial charge on any atom is -0.493 e. The number of carbonyl (C=O) groups is 2. The van der Waals surface area contributed by atoms with E-state index < -0.39 is 0 Å². The third kappa shape index (κ3) is 4.69. The van der Waals surface area contributed by atoms with Gasteiger partial charge in [0.05, 0.1) is 22.9 Å². The van der Waals surface area contributed by atoms with Gasteiger partial charge < -0.3 is 15.4 Å². The van der Waals surface area contributed by atoms with Crippen LogP contribution in [0, 0.1) is 0 Å². The number of carbonyl (C=O) groups excluding carboxylic acids is 2. The maximum atomic E-state index is 12.7. The quantitative estimate of drug-likeness (QED) is 0.600. The van der Waals surface area contributed by atoms with E-state index >= 15 is 0 Å². The van der Waals surface area contributed by atoms with Crippen molar-refractivity contribution in [1.29, 1.82) is 0 Å². The van der Waals surface area contributed by atoms with Crippen LogP contribution in [-0.4, -0.2) is 18.4 Å². The van der Waals surface area contributed by atoms with Gasteiger partial charge >= 0.3 is 0 Å². The maximum absolute atomic E-state index is 12.7. The highest BCUT2D eigenvalue weighted by atomic mass is 35.5. The highest BCUT2D eigenvalue weighted by Crippen LogP contribution is 2.26. The number of hydrogen-bond acceptors (Lipinski definition) is 3. The van der Waals surface area contributed by atoms with E-state index in [4.69, 9.17) is 16.3 Å². The van der Waals surface area contributed by atoms with E-state index in [1.54, 1.807) is 54.6 Å². The maximum Gasteiger partial charge on any atom is 0.259 e. The van der Waals surface area contributed by atoms with Gasteiger partial charge in [-0.2, -0.15) is 0 Å². The Morgan fingerprint density at radius 3 is 2.36 bits per heavy atom. The van der Waals surface area contributed by atoms with E-state index in [-0.39, 0.29) is 11.8 Å². The average Bonchev–Trinajstić information content (AvgIpc) is 2.71. The molecule has 0 spiro atoms. The molecule has 0 heterocycles. The standard InChI is InChI=1S/C22H19ClN2O3/c1-2-28-20-11-7-6-10-17(20)22(27)25-19-14-15(12-13-18(19)23)21(26)24-16-8-4-3-5-9-16/h3-14H,2H2,1H3,(H,24,26)(H,25,27). The molecule has 0 fully saturated rings. The molecule has 0 atom stereocenters.